The molecular weight excluding hydrogens is 473 g/mol. The maximum absolute atomic E-state index is 13.0. The number of phenolic OH excluding ortho intramolecular Hbond substituents is 1. The topological polar surface area (TPSA) is 59.0 Å². The average Bonchev–Trinajstić information content (AvgIpc) is 3.14. The summed E-state index contributed by atoms with van der Waals surface area (Å²) < 4.78 is 12.4. The first-order valence-corrected chi connectivity index (χ1v) is 11.6. The number of carbonyl (C=O) groups excluding carboxylic acids is 1. The first-order valence-electron chi connectivity index (χ1n) is 10.8. The lowest BCUT2D eigenvalue weighted by molar-refractivity contribution is -0.148. The molecule has 170 valence electrons. The number of carbonyl (C=O) groups is 1. The lowest BCUT2D eigenvalue weighted by atomic mass is 9.70. The van der Waals surface area contributed by atoms with Gasteiger partial charge in [-0.05, 0) is 24.3 Å². The van der Waals surface area contributed by atoms with Gasteiger partial charge in [0.2, 0.25) is 0 Å². The van der Waals surface area contributed by atoms with Crippen LogP contribution in [-0.2, 0) is 15.1 Å². The number of esters is 1. The van der Waals surface area contributed by atoms with E-state index in [1.165, 1.54) is 6.07 Å². The SMILES string of the molecule is CN(c1ccccc1)c1cc2c(cc1Cl)C1(OC(=O)C3C=CC=CC31)c1cc(Cl)c(O)cc1O2. The second-order valence-electron chi connectivity index (χ2n) is 8.57. The van der Waals surface area contributed by atoms with Crippen molar-refractivity contribution in [3.8, 4) is 17.2 Å². The summed E-state index contributed by atoms with van der Waals surface area (Å²) in [7, 11) is 1.92. The number of benzene rings is 3. The molecule has 0 bridgehead atoms. The molecule has 2 heterocycles. The largest absolute Gasteiger partial charge is 0.506 e. The molecule has 1 N–H and O–H groups in total. The van der Waals surface area contributed by atoms with Gasteiger partial charge in [0.05, 0.1) is 21.7 Å². The van der Waals surface area contributed by atoms with Crippen LogP contribution in [0.3, 0.4) is 0 Å². The zero-order valence-electron chi connectivity index (χ0n) is 18.0. The molecule has 0 radical (unpaired) electrons. The number of rotatable bonds is 2. The molecular formula is C27H19Cl2NO4. The van der Waals surface area contributed by atoms with E-state index in [1.807, 2.05) is 72.6 Å². The minimum Gasteiger partial charge on any atom is -0.506 e. The number of para-hydroxylation sites is 1. The van der Waals surface area contributed by atoms with Gasteiger partial charge in [-0.3, -0.25) is 4.79 Å². The van der Waals surface area contributed by atoms with Crippen LogP contribution >= 0.6 is 23.2 Å². The quantitative estimate of drug-likeness (QED) is 0.402. The summed E-state index contributed by atoms with van der Waals surface area (Å²) >= 11 is 13.1. The number of fused-ring (bicyclic) bond motifs is 6. The second-order valence-corrected chi connectivity index (χ2v) is 9.39. The zero-order valence-corrected chi connectivity index (χ0v) is 19.5. The molecule has 0 aromatic heterocycles. The van der Waals surface area contributed by atoms with Crippen LogP contribution in [0.5, 0.6) is 17.2 Å². The van der Waals surface area contributed by atoms with Crippen molar-refractivity contribution in [2.75, 3.05) is 11.9 Å². The summed E-state index contributed by atoms with van der Waals surface area (Å²) in [4.78, 5) is 15.0. The number of aromatic hydroxyl groups is 1. The van der Waals surface area contributed by atoms with E-state index in [9.17, 15) is 9.90 Å². The van der Waals surface area contributed by atoms with Crippen molar-refractivity contribution < 1.29 is 19.4 Å². The zero-order chi connectivity index (χ0) is 23.6. The van der Waals surface area contributed by atoms with Gasteiger partial charge in [-0.1, -0.05) is 65.7 Å². The van der Waals surface area contributed by atoms with E-state index in [1.54, 1.807) is 12.1 Å². The Bertz CT molecular complexity index is 1400. The Morgan fingerprint density at radius 1 is 0.941 bits per heavy atom. The van der Waals surface area contributed by atoms with E-state index in [0.717, 1.165) is 11.4 Å². The van der Waals surface area contributed by atoms with Gasteiger partial charge in [0.1, 0.15) is 17.2 Å². The van der Waals surface area contributed by atoms with Crippen LogP contribution < -0.4 is 9.64 Å². The third kappa shape index (κ3) is 2.90. The van der Waals surface area contributed by atoms with E-state index >= 15 is 0 Å². The Balaban J connectivity index is 1.59. The number of ether oxygens (including phenoxy) is 2. The maximum atomic E-state index is 13.0. The number of nitrogens with zero attached hydrogens (tertiary/aromatic N) is 1. The molecule has 1 aliphatic carbocycles. The second kappa shape index (κ2) is 7.55. The molecule has 34 heavy (non-hydrogen) atoms. The Morgan fingerprint density at radius 3 is 2.38 bits per heavy atom. The van der Waals surface area contributed by atoms with Gasteiger partial charge in [0.15, 0.2) is 5.60 Å². The van der Waals surface area contributed by atoms with Gasteiger partial charge >= 0.3 is 5.97 Å². The van der Waals surface area contributed by atoms with Crippen molar-refractivity contribution in [2.24, 2.45) is 11.8 Å². The van der Waals surface area contributed by atoms with Crippen LogP contribution in [-0.4, -0.2) is 18.1 Å². The third-order valence-electron chi connectivity index (χ3n) is 6.76. The summed E-state index contributed by atoms with van der Waals surface area (Å²) in [6, 6.07) is 16.5. The average molecular weight is 492 g/mol. The standard InChI is InChI=1S/C27H19Cl2NO4/c1-30(15-7-3-2-4-8-15)22-13-24-18(11-20(22)28)27(17-10-6-5-9-16(17)26(32)34-27)19-12-21(29)23(31)14-25(19)33-24/h2-14,16-17,31H,1H3. The van der Waals surface area contributed by atoms with Crippen molar-refractivity contribution in [1.82, 2.24) is 0 Å². The lowest BCUT2D eigenvalue weighted by Gasteiger charge is -2.40. The molecule has 7 heteroatoms. The Hall–Kier alpha value is -3.41. The Kier molecular flexibility index (Phi) is 4.70. The van der Waals surface area contributed by atoms with E-state index in [2.05, 4.69) is 0 Å². The van der Waals surface area contributed by atoms with Crippen LogP contribution in [0.25, 0.3) is 0 Å². The highest BCUT2D eigenvalue weighted by atomic mass is 35.5. The normalized spacial score (nSPS) is 23.7. The number of allylic oxidation sites excluding steroid dienone is 2. The van der Waals surface area contributed by atoms with Crippen molar-refractivity contribution in [2.45, 2.75) is 5.60 Å². The molecule has 6 rings (SSSR count). The van der Waals surface area contributed by atoms with Gasteiger partial charge in [0, 0.05) is 41.9 Å². The molecule has 5 nitrogen and oxygen atoms in total. The minimum atomic E-state index is -1.20. The molecule has 3 unspecified atom stereocenters. The summed E-state index contributed by atoms with van der Waals surface area (Å²) in [6.07, 6.45) is 7.56. The fourth-order valence-electron chi connectivity index (χ4n) is 5.13. The Morgan fingerprint density at radius 2 is 1.62 bits per heavy atom. The van der Waals surface area contributed by atoms with E-state index in [4.69, 9.17) is 32.7 Å². The molecule has 3 aliphatic rings. The highest BCUT2D eigenvalue weighted by Crippen LogP contribution is 2.61. The van der Waals surface area contributed by atoms with E-state index in [-0.39, 0.29) is 22.7 Å². The van der Waals surface area contributed by atoms with Gasteiger partial charge in [-0.2, -0.15) is 0 Å². The number of hydrogen-bond donors (Lipinski definition) is 1. The maximum Gasteiger partial charge on any atom is 0.314 e. The number of phenols is 1. The molecule has 0 saturated carbocycles. The highest BCUT2D eigenvalue weighted by molar-refractivity contribution is 6.33. The molecule has 1 saturated heterocycles. The fourth-order valence-corrected chi connectivity index (χ4v) is 5.58. The number of hydrogen-bond acceptors (Lipinski definition) is 5. The van der Waals surface area contributed by atoms with Crippen molar-refractivity contribution >= 4 is 40.5 Å². The number of halogens is 2. The first kappa shape index (κ1) is 21.1. The summed E-state index contributed by atoms with van der Waals surface area (Å²) in [5, 5.41) is 10.9. The lowest BCUT2D eigenvalue weighted by Crippen LogP contribution is -2.37. The summed E-state index contributed by atoms with van der Waals surface area (Å²) in [5.74, 6) is -0.374. The Labute approximate surface area is 206 Å². The molecule has 2 aliphatic heterocycles. The van der Waals surface area contributed by atoms with Crippen LogP contribution in [0.1, 0.15) is 11.1 Å². The molecule has 3 atom stereocenters. The van der Waals surface area contributed by atoms with Gasteiger partial charge in [-0.25, -0.2) is 0 Å². The van der Waals surface area contributed by atoms with Crippen molar-refractivity contribution in [1.29, 1.82) is 0 Å². The predicted molar refractivity (Wildman–Crippen MR) is 131 cm³/mol. The van der Waals surface area contributed by atoms with Crippen LogP contribution in [0.15, 0.2) is 78.9 Å². The monoisotopic (exact) mass is 491 g/mol. The fraction of sp³-hybridized carbons (Fsp3) is 0.148. The van der Waals surface area contributed by atoms with Gasteiger partial charge in [-0.15, -0.1) is 0 Å². The molecule has 0 amide bonds. The highest BCUT2D eigenvalue weighted by Gasteiger charge is 2.60. The van der Waals surface area contributed by atoms with E-state index < -0.39 is 11.5 Å². The van der Waals surface area contributed by atoms with Crippen LogP contribution in [0, 0.1) is 11.8 Å². The van der Waals surface area contributed by atoms with Crippen molar-refractivity contribution in [3.63, 3.8) is 0 Å². The smallest absolute Gasteiger partial charge is 0.314 e. The van der Waals surface area contributed by atoms with Gasteiger partial charge in [0.25, 0.3) is 0 Å². The first-order chi connectivity index (χ1) is 16.4. The molecule has 1 spiro atoms. The molecule has 3 aromatic rings. The predicted octanol–water partition coefficient (Wildman–Crippen LogP) is 6.73. The third-order valence-corrected chi connectivity index (χ3v) is 7.37. The summed E-state index contributed by atoms with van der Waals surface area (Å²) in [5.41, 5.74) is 1.69. The number of anilines is 2. The van der Waals surface area contributed by atoms with Gasteiger partial charge < -0.3 is 19.5 Å². The van der Waals surface area contributed by atoms with Crippen LogP contribution in [0.4, 0.5) is 11.4 Å². The molecule has 1 fully saturated rings. The summed E-state index contributed by atoms with van der Waals surface area (Å²) in [6.45, 7) is 0. The minimum absolute atomic E-state index is 0.116. The van der Waals surface area contributed by atoms with Crippen molar-refractivity contribution in [3.05, 3.63) is 100 Å². The van der Waals surface area contributed by atoms with E-state index in [0.29, 0.717) is 27.6 Å². The molecule has 3 aromatic carbocycles. The van der Waals surface area contributed by atoms with Crippen LogP contribution in [0.2, 0.25) is 10.0 Å².